The fraction of sp³-hybridized carbons (Fsp3) is 0.250. The molecule has 2 heterocycles. The average Bonchev–Trinajstić information content (AvgIpc) is 2.90. The number of carbonyl (C=O) groups is 1. The molecule has 0 aliphatic carbocycles. The van der Waals surface area contributed by atoms with Crippen molar-refractivity contribution in [1.82, 2.24) is 10.3 Å². The number of hydrogen-bond acceptors (Lipinski definition) is 4. The zero-order chi connectivity index (χ0) is 15.2. The quantitative estimate of drug-likeness (QED) is 0.852. The number of amides is 1. The van der Waals surface area contributed by atoms with Crippen LogP contribution in [0.5, 0.6) is 0 Å². The highest BCUT2D eigenvalue weighted by Gasteiger charge is 2.10. The Balaban J connectivity index is 1.99. The zero-order valence-electron chi connectivity index (χ0n) is 12.1. The van der Waals surface area contributed by atoms with Crippen molar-refractivity contribution in [2.75, 3.05) is 6.54 Å². The van der Waals surface area contributed by atoms with Crippen LogP contribution in [0.4, 0.5) is 0 Å². The summed E-state index contributed by atoms with van der Waals surface area (Å²) in [5.74, 6) is 5.69. The Hall–Kier alpha value is -2.16. The Morgan fingerprint density at radius 2 is 2.14 bits per heavy atom. The molecule has 21 heavy (non-hydrogen) atoms. The third kappa shape index (κ3) is 4.15. The zero-order valence-corrected chi connectivity index (χ0v) is 12.9. The van der Waals surface area contributed by atoms with E-state index in [1.807, 2.05) is 32.0 Å². The second-order valence-electron chi connectivity index (χ2n) is 4.54. The van der Waals surface area contributed by atoms with Crippen LogP contribution < -0.4 is 11.1 Å². The normalized spacial score (nSPS) is 9.86. The minimum atomic E-state index is -0.108. The van der Waals surface area contributed by atoms with Crippen LogP contribution >= 0.6 is 11.3 Å². The molecule has 2 aromatic heterocycles. The summed E-state index contributed by atoms with van der Waals surface area (Å²) in [7, 11) is 0. The lowest BCUT2D eigenvalue weighted by Gasteiger charge is -2.06. The minimum Gasteiger partial charge on any atom is -0.347 e. The van der Waals surface area contributed by atoms with Gasteiger partial charge in [-0.05, 0) is 38.1 Å². The third-order valence-corrected chi connectivity index (χ3v) is 3.87. The van der Waals surface area contributed by atoms with E-state index in [4.69, 9.17) is 5.73 Å². The van der Waals surface area contributed by atoms with Crippen molar-refractivity contribution >= 4 is 17.2 Å². The maximum Gasteiger partial charge on any atom is 0.253 e. The van der Waals surface area contributed by atoms with Crippen molar-refractivity contribution in [1.29, 1.82) is 0 Å². The van der Waals surface area contributed by atoms with Crippen LogP contribution in [0.3, 0.4) is 0 Å². The van der Waals surface area contributed by atoms with Gasteiger partial charge in [-0.25, -0.2) is 0 Å². The first-order valence-electron chi connectivity index (χ1n) is 6.60. The van der Waals surface area contributed by atoms with E-state index < -0.39 is 0 Å². The molecule has 108 valence electrons. The largest absolute Gasteiger partial charge is 0.347 e. The summed E-state index contributed by atoms with van der Waals surface area (Å²) in [4.78, 5) is 18.5. The predicted molar refractivity (Wildman–Crippen MR) is 85.1 cm³/mol. The van der Waals surface area contributed by atoms with Crippen molar-refractivity contribution in [3.8, 4) is 11.8 Å². The van der Waals surface area contributed by atoms with Crippen LogP contribution in [0.15, 0.2) is 24.3 Å². The number of nitrogens with zero attached hydrogens (tertiary/aromatic N) is 1. The number of nitrogens with one attached hydrogen (secondary N) is 1. The van der Waals surface area contributed by atoms with E-state index in [1.54, 1.807) is 17.4 Å². The number of nitrogens with two attached hydrogens (primary N) is 1. The average molecular weight is 299 g/mol. The van der Waals surface area contributed by atoms with E-state index in [1.165, 1.54) is 0 Å². The molecule has 5 heteroatoms. The van der Waals surface area contributed by atoms with E-state index >= 15 is 0 Å². The monoisotopic (exact) mass is 299 g/mol. The number of thiophene rings is 1. The highest BCUT2D eigenvalue weighted by molar-refractivity contribution is 7.12. The molecule has 0 aromatic carbocycles. The van der Waals surface area contributed by atoms with E-state index in [2.05, 4.69) is 22.1 Å². The fourth-order valence-electron chi connectivity index (χ4n) is 1.87. The van der Waals surface area contributed by atoms with Gasteiger partial charge in [0.1, 0.15) is 0 Å². The molecule has 1 amide bonds. The van der Waals surface area contributed by atoms with Gasteiger partial charge in [-0.3, -0.25) is 9.78 Å². The molecule has 3 N–H and O–H groups in total. The van der Waals surface area contributed by atoms with Gasteiger partial charge in [-0.2, -0.15) is 0 Å². The Morgan fingerprint density at radius 3 is 2.86 bits per heavy atom. The van der Waals surface area contributed by atoms with Gasteiger partial charge in [0.15, 0.2) is 0 Å². The molecule has 0 atom stereocenters. The van der Waals surface area contributed by atoms with Crippen LogP contribution in [0.2, 0.25) is 0 Å². The molecule has 0 saturated carbocycles. The Morgan fingerprint density at radius 1 is 1.33 bits per heavy atom. The highest BCUT2D eigenvalue weighted by atomic mass is 32.1. The second kappa shape index (κ2) is 7.02. The smallest absolute Gasteiger partial charge is 0.253 e. The maximum absolute atomic E-state index is 12.1. The first-order valence-corrected chi connectivity index (χ1v) is 7.42. The second-order valence-corrected chi connectivity index (χ2v) is 5.71. The Bertz CT molecular complexity index is 710. The van der Waals surface area contributed by atoms with Gasteiger partial charge >= 0.3 is 0 Å². The van der Waals surface area contributed by atoms with E-state index in [-0.39, 0.29) is 5.91 Å². The number of aryl methyl sites for hydroxylation is 2. The molecule has 0 unspecified atom stereocenters. The van der Waals surface area contributed by atoms with Crippen LogP contribution in [-0.4, -0.2) is 17.4 Å². The Labute approximate surface area is 128 Å². The van der Waals surface area contributed by atoms with Crippen molar-refractivity contribution < 1.29 is 4.79 Å². The van der Waals surface area contributed by atoms with Gasteiger partial charge in [0.05, 0.1) is 29.2 Å². The van der Waals surface area contributed by atoms with Gasteiger partial charge in [-0.1, -0.05) is 11.8 Å². The van der Waals surface area contributed by atoms with Gasteiger partial charge in [-0.15, -0.1) is 11.3 Å². The SMILES string of the molecule is Cc1ccc(C(=O)NCc2ccc(C#CCN)s2)c(C)n1. The Kier molecular flexibility index (Phi) is 5.09. The molecule has 2 rings (SSSR count). The fourth-order valence-corrected chi connectivity index (χ4v) is 2.69. The summed E-state index contributed by atoms with van der Waals surface area (Å²) in [5.41, 5.74) is 7.60. The molecular weight excluding hydrogens is 282 g/mol. The van der Waals surface area contributed by atoms with E-state index in [9.17, 15) is 4.79 Å². The van der Waals surface area contributed by atoms with Crippen molar-refractivity contribution in [2.24, 2.45) is 5.73 Å². The number of carbonyl (C=O) groups excluding carboxylic acids is 1. The minimum absolute atomic E-state index is 0.108. The molecular formula is C16H17N3OS. The summed E-state index contributed by atoms with van der Waals surface area (Å²) in [5, 5.41) is 2.90. The lowest BCUT2D eigenvalue weighted by atomic mass is 10.1. The van der Waals surface area contributed by atoms with Crippen LogP contribution in [-0.2, 0) is 6.54 Å². The molecule has 0 fully saturated rings. The van der Waals surface area contributed by atoms with Gasteiger partial charge in [0.25, 0.3) is 5.91 Å². The molecule has 2 aromatic rings. The third-order valence-electron chi connectivity index (χ3n) is 2.87. The topological polar surface area (TPSA) is 68.0 Å². The molecule has 4 nitrogen and oxygen atoms in total. The van der Waals surface area contributed by atoms with Crippen molar-refractivity contribution in [3.63, 3.8) is 0 Å². The lowest BCUT2D eigenvalue weighted by Crippen LogP contribution is -2.23. The standard InChI is InChI=1S/C16H17N3OS/c1-11-5-8-15(12(2)19-11)16(20)18-10-14-7-6-13(21-14)4-3-9-17/h5-8H,9-10,17H2,1-2H3,(H,18,20). The summed E-state index contributed by atoms with van der Waals surface area (Å²) in [6.07, 6.45) is 0. The first kappa shape index (κ1) is 15.2. The number of rotatable bonds is 3. The molecule has 0 radical (unpaired) electrons. The molecule has 0 aliphatic rings. The molecule has 0 aliphatic heterocycles. The molecule has 0 bridgehead atoms. The van der Waals surface area contributed by atoms with E-state index in [0.717, 1.165) is 21.1 Å². The van der Waals surface area contributed by atoms with Crippen LogP contribution in [0.1, 0.15) is 31.5 Å². The van der Waals surface area contributed by atoms with Crippen LogP contribution in [0, 0.1) is 25.7 Å². The van der Waals surface area contributed by atoms with Gasteiger partial charge in [0.2, 0.25) is 0 Å². The van der Waals surface area contributed by atoms with Crippen molar-refractivity contribution in [2.45, 2.75) is 20.4 Å². The number of hydrogen-bond donors (Lipinski definition) is 2. The van der Waals surface area contributed by atoms with Gasteiger partial charge < -0.3 is 11.1 Å². The van der Waals surface area contributed by atoms with E-state index in [0.29, 0.717) is 18.7 Å². The summed E-state index contributed by atoms with van der Waals surface area (Å²) >= 11 is 1.56. The van der Waals surface area contributed by atoms with Crippen LogP contribution in [0.25, 0.3) is 0 Å². The summed E-state index contributed by atoms with van der Waals surface area (Å²) in [6.45, 7) is 4.59. The lowest BCUT2D eigenvalue weighted by molar-refractivity contribution is 0.0950. The first-order chi connectivity index (χ1) is 10.1. The summed E-state index contributed by atoms with van der Waals surface area (Å²) < 4.78 is 0. The van der Waals surface area contributed by atoms with Gasteiger partial charge in [0, 0.05) is 10.6 Å². The number of pyridine rings is 1. The highest BCUT2D eigenvalue weighted by Crippen LogP contribution is 2.15. The summed E-state index contributed by atoms with van der Waals surface area (Å²) in [6, 6.07) is 7.55. The maximum atomic E-state index is 12.1. The molecule has 0 saturated heterocycles. The van der Waals surface area contributed by atoms with Crippen molar-refractivity contribution in [3.05, 3.63) is 51.0 Å². The number of aromatic nitrogens is 1. The predicted octanol–water partition coefficient (Wildman–Crippen LogP) is 2.00. The molecule has 0 spiro atoms.